The largest absolute Gasteiger partial charge is 0.478 e. The topological polar surface area (TPSA) is 55.6 Å². The predicted molar refractivity (Wildman–Crippen MR) is 74.9 cm³/mol. The third kappa shape index (κ3) is 3.47. The van der Waals surface area contributed by atoms with Crippen molar-refractivity contribution in [1.82, 2.24) is 4.90 Å². The molecule has 1 aliphatic heterocycles. The zero-order valence-corrected chi connectivity index (χ0v) is 11.6. The van der Waals surface area contributed by atoms with E-state index in [1.807, 2.05) is 49.1 Å². The van der Waals surface area contributed by atoms with Crippen molar-refractivity contribution < 1.29 is 9.53 Å². The molecule has 0 spiro atoms. The Morgan fingerprint density at radius 3 is 2.42 bits per heavy atom. The lowest BCUT2D eigenvalue weighted by atomic mass is 10.0. The van der Waals surface area contributed by atoms with Crippen LogP contribution in [0.3, 0.4) is 0 Å². The number of nitrogens with two attached hydrogens (primary N) is 1. The molecule has 0 aliphatic carbocycles. The van der Waals surface area contributed by atoms with Crippen molar-refractivity contribution in [2.45, 2.75) is 38.3 Å². The van der Waals surface area contributed by atoms with Gasteiger partial charge in [-0.25, -0.2) is 0 Å². The summed E-state index contributed by atoms with van der Waals surface area (Å²) in [6.45, 7) is 5.08. The Bertz CT molecular complexity index is 423. The Balaban J connectivity index is 2.00. The Labute approximate surface area is 114 Å². The summed E-state index contributed by atoms with van der Waals surface area (Å²) < 4.78 is 5.82. The lowest BCUT2D eigenvalue weighted by Gasteiger charge is -2.36. The molecule has 0 radical (unpaired) electrons. The van der Waals surface area contributed by atoms with Crippen LogP contribution in [0.25, 0.3) is 0 Å². The minimum absolute atomic E-state index is 0.0308. The SMILES string of the molecule is CC(C)(Oc1ccccc1)C(=O)N1CCC(N)CC1. The molecule has 104 valence electrons. The van der Waals surface area contributed by atoms with Crippen molar-refractivity contribution >= 4 is 5.91 Å². The zero-order valence-electron chi connectivity index (χ0n) is 11.6. The fourth-order valence-corrected chi connectivity index (χ4v) is 2.31. The van der Waals surface area contributed by atoms with E-state index in [9.17, 15) is 4.79 Å². The third-order valence-corrected chi connectivity index (χ3v) is 3.46. The van der Waals surface area contributed by atoms with Gasteiger partial charge in [-0.15, -0.1) is 0 Å². The minimum Gasteiger partial charge on any atom is -0.478 e. The molecule has 0 atom stereocenters. The van der Waals surface area contributed by atoms with E-state index < -0.39 is 5.60 Å². The van der Waals surface area contributed by atoms with E-state index in [2.05, 4.69) is 0 Å². The highest BCUT2D eigenvalue weighted by Gasteiger charge is 2.35. The Morgan fingerprint density at radius 1 is 1.26 bits per heavy atom. The number of hydrogen-bond donors (Lipinski definition) is 1. The van der Waals surface area contributed by atoms with Crippen molar-refractivity contribution in [3.8, 4) is 5.75 Å². The van der Waals surface area contributed by atoms with Gasteiger partial charge < -0.3 is 15.4 Å². The maximum absolute atomic E-state index is 12.5. The number of nitrogens with zero attached hydrogens (tertiary/aromatic N) is 1. The van der Waals surface area contributed by atoms with E-state index in [-0.39, 0.29) is 11.9 Å². The first kappa shape index (κ1) is 13.9. The van der Waals surface area contributed by atoms with Gasteiger partial charge in [0.05, 0.1) is 0 Å². The van der Waals surface area contributed by atoms with E-state index >= 15 is 0 Å². The van der Waals surface area contributed by atoms with Crippen LogP contribution in [0.5, 0.6) is 5.75 Å². The van der Waals surface area contributed by atoms with Gasteiger partial charge >= 0.3 is 0 Å². The molecule has 1 aliphatic rings. The number of amides is 1. The molecule has 1 aromatic carbocycles. The number of piperidine rings is 1. The smallest absolute Gasteiger partial charge is 0.266 e. The first-order chi connectivity index (χ1) is 8.99. The van der Waals surface area contributed by atoms with Crippen molar-refractivity contribution in [3.63, 3.8) is 0 Å². The normalized spacial score (nSPS) is 17.3. The molecule has 1 aromatic rings. The summed E-state index contributed by atoms with van der Waals surface area (Å²) in [7, 11) is 0. The summed E-state index contributed by atoms with van der Waals surface area (Å²) in [5, 5.41) is 0. The molecule has 0 saturated carbocycles. The van der Waals surface area contributed by atoms with Crippen LogP contribution >= 0.6 is 0 Å². The maximum atomic E-state index is 12.5. The summed E-state index contributed by atoms with van der Waals surface area (Å²) in [5.41, 5.74) is 5.02. The zero-order chi connectivity index (χ0) is 13.9. The number of carbonyl (C=O) groups is 1. The molecule has 1 saturated heterocycles. The van der Waals surface area contributed by atoms with Crippen LogP contribution in [-0.4, -0.2) is 35.5 Å². The van der Waals surface area contributed by atoms with E-state index in [1.54, 1.807) is 0 Å². The Hall–Kier alpha value is -1.55. The summed E-state index contributed by atoms with van der Waals surface area (Å²) >= 11 is 0. The fraction of sp³-hybridized carbons (Fsp3) is 0.533. The summed E-state index contributed by atoms with van der Waals surface area (Å²) in [5.74, 6) is 0.748. The average molecular weight is 262 g/mol. The van der Waals surface area contributed by atoms with Gasteiger partial charge in [-0.3, -0.25) is 4.79 Å². The highest BCUT2D eigenvalue weighted by Crippen LogP contribution is 2.21. The lowest BCUT2D eigenvalue weighted by molar-refractivity contribution is -0.146. The highest BCUT2D eigenvalue weighted by atomic mass is 16.5. The Kier molecular flexibility index (Phi) is 4.10. The van der Waals surface area contributed by atoms with Crippen LogP contribution in [0, 0.1) is 0 Å². The van der Waals surface area contributed by atoms with E-state index in [0.717, 1.165) is 31.7 Å². The van der Waals surface area contributed by atoms with Crippen LogP contribution in [0.2, 0.25) is 0 Å². The summed E-state index contributed by atoms with van der Waals surface area (Å²) in [6.07, 6.45) is 1.74. The third-order valence-electron chi connectivity index (χ3n) is 3.46. The van der Waals surface area contributed by atoms with Gasteiger partial charge in [-0.2, -0.15) is 0 Å². The van der Waals surface area contributed by atoms with Crippen LogP contribution < -0.4 is 10.5 Å². The van der Waals surface area contributed by atoms with Gasteiger partial charge in [-0.1, -0.05) is 18.2 Å². The van der Waals surface area contributed by atoms with Crippen LogP contribution in [0.15, 0.2) is 30.3 Å². The molecule has 2 rings (SSSR count). The molecule has 2 N–H and O–H groups in total. The lowest BCUT2D eigenvalue weighted by Crippen LogP contribution is -2.52. The van der Waals surface area contributed by atoms with E-state index in [4.69, 9.17) is 10.5 Å². The molecule has 0 aromatic heterocycles. The summed E-state index contributed by atoms with van der Waals surface area (Å²) in [6, 6.07) is 9.67. The van der Waals surface area contributed by atoms with Gasteiger partial charge in [0.2, 0.25) is 0 Å². The maximum Gasteiger partial charge on any atom is 0.266 e. The van der Waals surface area contributed by atoms with Crippen LogP contribution in [0.4, 0.5) is 0 Å². The number of likely N-dealkylation sites (tertiary alicyclic amines) is 1. The quantitative estimate of drug-likeness (QED) is 0.903. The van der Waals surface area contributed by atoms with Crippen molar-refractivity contribution in [2.24, 2.45) is 5.73 Å². The fourth-order valence-electron chi connectivity index (χ4n) is 2.31. The second-order valence-electron chi connectivity index (χ2n) is 5.56. The van der Waals surface area contributed by atoms with Crippen LogP contribution in [0.1, 0.15) is 26.7 Å². The van der Waals surface area contributed by atoms with Gasteiger partial charge in [0.1, 0.15) is 5.75 Å². The monoisotopic (exact) mass is 262 g/mol. The molecule has 1 heterocycles. The van der Waals surface area contributed by atoms with Crippen molar-refractivity contribution in [2.75, 3.05) is 13.1 Å². The predicted octanol–water partition coefficient (Wildman–Crippen LogP) is 1.79. The molecule has 1 amide bonds. The van der Waals surface area contributed by atoms with Gasteiger partial charge in [0, 0.05) is 19.1 Å². The second kappa shape index (κ2) is 5.61. The standard InChI is InChI=1S/C15H22N2O2/c1-15(2,19-13-6-4-3-5-7-13)14(18)17-10-8-12(16)9-11-17/h3-7,12H,8-11,16H2,1-2H3. The molecule has 0 bridgehead atoms. The number of hydrogen-bond acceptors (Lipinski definition) is 3. The number of ether oxygens (including phenoxy) is 1. The second-order valence-corrected chi connectivity index (χ2v) is 5.56. The first-order valence-corrected chi connectivity index (χ1v) is 6.78. The molecular weight excluding hydrogens is 240 g/mol. The molecule has 4 nitrogen and oxygen atoms in total. The van der Waals surface area contributed by atoms with E-state index in [0.29, 0.717) is 0 Å². The van der Waals surface area contributed by atoms with Gasteiger partial charge in [0.15, 0.2) is 5.60 Å². The molecule has 19 heavy (non-hydrogen) atoms. The molecular formula is C15H22N2O2. The molecule has 1 fully saturated rings. The number of benzene rings is 1. The van der Waals surface area contributed by atoms with Gasteiger partial charge in [0.25, 0.3) is 5.91 Å². The van der Waals surface area contributed by atoms with E-state index in [1.165, 1.54) is 0 Å². The average Bonchev–Trinajstić information content (AvgIpc) is 2.39. The number of carbonyl (C=O) groups excluding carboxylic acids is 1. The number of rotatable bonds is 3. The number of para-hydroxylation sites is 1. The highest BCUT2D eigenvalue weighted by molar-refractivity contribution is 5.84. The molecule has 4 heteroatoms. The van der Waals surface area contributed by atoms with Crippen LogP contribution in [-0.2, 0) is 4.79 Å². The van der Waals surface area contributed by atoms with Crippen molar-refractivity contribution in [3.05, 3.63) is 30.3 Å². The van der Waals surface area contributed by atoms with Crippen molar-refractivity contribution in [1.29, 1.82) is 0 Å². The first-order valence-electron chi connectivity index (χ1n) is 6.78. The summed E-state index contributed by atoms with van der Waals surface area (Å²) in [4.78, 5) is 14.3. The Morgan fingerprint density at radius 2 is 1.84 bits per heavy atom. The molecule has 0 unspecified atom stereocenters. The van der Waals surface area contributed by atoms with Gasteiger partial charge in [-0.05, 0) is 38.8 Å². The minimum atomic E-state index is -0.844.